The van der Waals surface area contributed by atoms with Crippen LogP contribution in [0.15, 0.2) is 54.9 Å². The zero-order valence-corrected chi connectivity index (χ0v) is 14.7. The second kappa shape index (κ2) is 7.56. The van der Waals surface area contributed by atoms with Gasteiger partial charge >= 0.3 is 0 Å². The van der Waals surface area contributed by atoms with E-state index in [0.29, 0.717) is 11.1 Å². The van der Waals surface area contributed by atoms with Gasteiger partial charge in [-0.3, -0.25) is 9.19 Å². The Morgan fingerprint density at radius 2 is 1.88 bits per heavy atom. The van der Waals surface area contributed by atoms with Crippen molar-refractivity contribution in [3.05, 3.63) is 77.4 Å². The third-order valence-electron chi connectivity index (χ3n) is 4.12. The Labute approximate surface area is 153 Å². The number of pyridine rings is 1. The second-order valence-corrected chi connectivity index (χ2v) is 6.71. The summed E-state index contributed by atoms with van der Waals surface area (Å²) in [5.74, 6) is -0.932. The smallest absolute Gasteiger partial charge is 0.127 e. The van der Waals surface area contributed by atoms with Crippen molar-refractivity contribution in [2.45, 2.75) is 12.7 Å². The third-order valence-corrected chi connectivity index (χ3v) is 4.66. The van der Waals surface area contributed by atoms with Crippen LogP contribution in [0.1, 0.15) is 16.7 Å². The monoisotopic (exact) mass is 365 g/mol. The lowest BCUT2D eigenvalue weighted by atomic mass is 9.94. The summed E-state index contributed by atoms with van der Waals surface area (Å²) in [6.45, 7) is 1.86. The van der Waals surface area contributed by atoms with E-state index in [9.17, 15) is 13.2 Å². The van der Waals surface area contributed by atoms with Crippen LogP contribution in [0.4, 0.5) is 4.39 Å². The average Bonchev–Trinajstić information content (AvgIpc) is 2.63. The van der Waals surface area contributed by atoms with Gasteiger partial charge in [0.2, 0.25) is 0 Å². The van der Waals surface area contributed by atoms with E-state index in [2.05, 4.69) is 11.1 Å². The van der Waals surface area contributed by atoms with Crippen molar-refractivity contribution >= 4 is 11.1 Å². The maximum absolute atomic E-state index is 14.3. The molecule has 0 radical (unpaired) electrons. The number of aromatic nitrogens is 1. The minimum absolute atomic E-state index is 0.127. The molecule has 0 bridgehead atoms. The summed E-state index contributed by atoms with van der Waals surface area (Å²) in [5, 5.41) is 9.09. The molecule has 1 aromatic heterocycles. The van der Waals surface area contributed by atoms with Crippen molar-refractivity contribution in [1.82, 2.24) is 4.98 Å². The second-order valence-electron chi connectivity index (χ2n) is 5.82. The fraction of sp³-hybridized carbons (Fsp3) is 0.100. The largest absolute Gasteiger partial charge is 0.772 e. The van der Waals surface area contributed by atoms with E-state index < -0.39 is 16.9 Å². The van der Waals surface area contributed by atoms with E-state index in [4.69, 9.17) is 5.26 Å². The number of nitriles is 1. The Bertz CT molecular complexity index is 1040. The molecule has 0 aliphatic rings. The van der Waals surface area contributed by atoms with Gasteiger partial charge in [0, 0.05) is 23.7 Å². The fourth-order valence-corrected chi connectivity index (χ4v) is 3.28. The molecule has 0 aliphatic heterocycles. The highest BCUT2D eigenvalue weighted by Gasteiger charge is 2.11. The van der Waals surface area contributed by atoms with E-state index in [1.54, 1.807) is 24.5 Å². The molecule has 0 saturated carbocycles. The van der Waals surface area contributed by atoms with E-state index in [-0.39, 0.29) is 11.3 Å². The molecule has 0 saturated heterocycles. The highest BCUT2D eigenvalue weighted by molar-refractivity contribution is 7.78. The van der Waals surface area contributed by atoms with E-state index in [1.165, 1.54) is 12.1 Å². The van der Waals surface area contributed by atoms with Crippen LogP contribution in [-0.4, -0.2) is 13.7 Å². The lowest BCUT2D eigenvalue weighted by molar-refractivity contribution is 0.533. The molecule has 0 amide bonds. The molecular formula is C20H14FN2O2S-. The van der Waals surface area contributed by atoms with Crippen molar-refractivity contribution in [3.63, 3.8) is 0 Å². The van der Waals surface area contributed by atoms with E-state index in [1.807, 2.05) is 25.1 Å². The molecule has 0 N–H and O–H groups in total. The van der Waals surface area contributed by atoms with E-state index >= 15 is 0 Å². The Kier molecular flexibility index (Phi) is 5.21. The van der Waals surface area contributed by atoms with Crippen molar-refractivity contribution < 1.29 is 13.2 Å². The fourth-order valence-electron chi connectivity index (χ4n) is 2.79. The van der Waals surface area contributed by atoms with Crippen molar-refractivity contribution in [2.75, 3.05) is 0 Å². The molecule has 0 aliphatic carbocycles. The average molecular weight is 365 g/mol. The molecule has 130 valence electrons. The predicted octanol–water partition coefficient (Wildman–Crippen LogP) is 4.11. The molecular weight excluding hydrogens is 351 g/mol. The highest BCUT2D eigenvalue weighted by Crippen LogP contribution is 2.33. The molecule has 2 aromatic carbocycles. The molecule has 1 unspecified atom stereocenters. The minimum atomic E-state index is -2.35. The Morgan fingerprint density at radius 3 is 2.54 bits per heavy atom. The summed E-state index contributed by atoms with van der Waals surface area (Å²) in [6.07, 6.45) is 3.29. The first-order valence-corrected chi connectivity index (χ1v) is 9.04. The number of benzene rings is 2. The zero-order chi connectivity index (χ0) is 18.7. The van der Waals surface area contributed by atoms with Crippen LogP contribution in [0.25, 0.3) is 22.3 Å². The number of nitrogens with zero attached hydrogens (tertiary/aromatic N) is 2. The van der Waals surface area contributed by atoms with E-state index in [0.717, 1.165) is 22.3 Å². The van der Waals surface area contributed by atoms with Crippen LogP contribution in [0.2, 0.25) is 0 Å². The number of hydrogen-bond acceptors (Lipinski definition) is 4. The molecule has 3 rings (SSSR count). The van der Waals surface area contributed by atoms with Gasteiger partial charge in [-0.1, -0.05) is 35.3 Å². The minimum Gasteiger partial charge on any atom is -0.772 e. The maximum atomic E-state index is 14.3. The molecule has 0 spiro atoms. The van der Waals surface area contributed by atoms with Crippen molar-refractivity contribution in [2.24, 2.45) is 0 Å². The lowest BCUT2D eigenvalue weighted by Gasteiger charge is -2.12. The van der Waals surface area contributed by atoms with Gasteiger partial charge in [0.25, 0.3) is 0 Å². The van der Waals surface area contributed by atoms with Gasteiger partial charge in [0.15, 0.2) is 0 Å². The standard InChI is InChI=1S/C20H15FN2O2S/c1-13-8-14(2-4-16(13)10-22)18-6-7-23-11-19(18)15-3-5-17(12-26(24)25)20(21)9-15/h2-9,11H,12H2,1H3,(H,24,25)/p-1. The molecule has 0 fully saturated rings. The number of hydrogen-bond donors (Lipinski definition) is 0. The van der Waals surface area contributed by atoms with Crippen LogP contribution in [-0.2, 0) is 16.8 Å². The summed E-state index contributed by atoms with van der Waals surface area (Å²) in [6, 6.07) is 13.9. The Hall–Kier alpha value is -2.88. The molecule has 1 heterocycles. The van der Waals surface area contributed by atoms with Crippen molar-refractivity contribution in [1.29, 1.82) is 5.26 Å². The van der Waals surface area contributed by atoms with Crippen LogP contribution < -0.4 is 0 Å². The number of rotatable bonds is 4. The summed E-state index contributed by atoms with van der Waals surface area (Å²) in [5.41, 5.74) is 4.66. The van der Waals surface area contributed by atoms with Crippen molar-refractivity contribution in [3.8, 4) is 28.3 Å². The predicted molar refractivity (Wildman–Crippen MR) is 97.1 cm³/mol. The van der Waals surface area contributed by atoms with Gasteiger partial charge in [-0.2, -0.15) is 5.26 Å². The normalized spacial score (nSPS) is 11.8. The molecule has 1 atom stereocenters. The zero-order valence-electron chi connectivity index (χ0n) is 13.9. The molecule has 4 nitrogen and oxygen atoms in total. The van der Waals surface area contributed by atoms with Gasteiger partial charge < -0.3 is 4.55 Å². The molecule has 26 heavy (non-hydrogen) atoms. The van der Waals surface area contributed by atoms with Gasteiger partial charge in [-0.15, -0.1) is 0 Å². The van der Waals surface area contributed by atoms with Crippen LogP contribution in [0.5, 0.6) is 0 Å². The van der Waals surface area contributed by atoms with Crippen LogP contribution in [0.3, 0.4) is 0 Å². The summed E-state index contributed by atoms with van der Waals surface area (Å²) in [7, 11) is 0. The van der Waals surface area contributed by atoms with Gasteiger partial charge in [-0.05, 0) is 52.9 Å². The Balaban J connectivity index is 2.08. The SMILES string of the molecule is Cc1cc(-c2ccncc2-c2ccc(CS(=O)[O-])c(F)c2)ccc1C#N. The first-order chi connectivity index (χ1) is 12.5. The highest BCUT2D eigenvalue weighted by atomic mass is 32.2. The third kappa shape index (κ3) is 3.69. The first-order valence-electron chi connectivity index (χ1n) is 7.79. The quantitative estimate of drug-likeness (QED) is 0.652. The first kappa shape index (κ1) is 17.9. The summed E-state index contributed by atoms with van der Waals surface area (Å²) >= 11 is -2.35. The topological polar surface area (TPSA) is 76.8 Å². The van der Waals surface area contributed by atoms with Gasteiger partial charge in [0.1, 0.15) is 5.82 Å². The Morgan fingerprint density at radius 1 is 1.15 bits per heavy atom. The summed E-state index contributed by atoms with van der Waals surface area (Å²) < 4.78 is 35.9. The summed E-state index contributed by atoms with van der Waals surface area (Å²) in [4.78, 5) is 4.13. The molecule has 3 aromatic rings. The van der Waals surface area contributed by atoms with Crippen LogP contribution >= 0.6 is 0 Å². The van der Waals surface area contributed by atoms with Gasteiger partial charge in [0.05, 0.1) is 11.6 Å². The van der Waals surface area contributed by atoms with Crippen LogP contribution in [0, 0.1) is 24.1 Å². The number of aryl methyl sites for hydroxylation is 1. The van der Waals surface area contributed by atoms with Gasteiger partial charge in [-0.25, -0.2) is 4.39 Å². The maximum Gasteiger partial charge on any atom is 0.127 e. The lowest BCUT2D eigenvalue weighted by Crippen LogP contribution is -1.97. The molecule has 6 heteroatoms. The number of halogens is 1.